The van der Waals surface area contributed by atoms with Crippen molar-refractivity contribution in [2.75, 3.05) is 23.3 Å². The molecule has 2 aliphatic carbocycles. The lowest BCUT2D eigenvalue weighted by molar-refractivity contribution is -0.125. The van der Waals surface area contributed by atoms with Gasteiger partial charge in [-0.05, 0) is 62.3 Å². The molecule has 5 nitrogen and oxygen atoms in total. The van der Waals surface area contributed by atoms with Gasteiger partial charge in [-0.1, -0.05) is 32.6 Å². The molecule has 0 radical (unpaired) electrons. The van der Waals surface area contributed by atoms with Gasteiger partial charge in [-0.3, -0.25) is 9.59 Å². The summed E-state index contributed by atoms with van der Waals surface area (Å²) in [5.74, 6) is 0.547. The van der Waals surface area contributed by atoms with Crippen molar-refractivity contribution in [2.45, 2.75) is 70.8 Å². The van der Waals surface area contributed by atoms with Crippen LogP contribution >= 0.6 is 0 Å². The number of carbonyl (C=O) groups excluding carboxylic acids is 2. The van der Waals surface area contributed by atoms with Crippen LogP contribution in [-0.2, 0) is 9.59 Å². The standard InChI is InChI=1S/C24H35N3O2/c1-17-12-14-27(15-13-17)20-10-8-19(9-11-20)26-24(29)22-16-21(22)23(28)25-18-6-4-2-3-5-7-18/h8-11,17-18,21-22H,2-7,12-16H2,1H3,(H,25,28)(H,26,29). The van der Waals surface area contributed by atoms with E-state index in [2.05, 4.69) is 34.6 Å². The molecule has 0 bridgehead atoms. The quantitative estimate of drug-likeness (QED) is 0.727. The minimum atomic E-state index is -0.177. The summed E-state index contributed by atoms with van der Waals surface area (Å²) in [6.45, 7) is 4.53. The molecule has 3 aliphatic rings. The highest BCUT2D eigenvalue weighted by molar-refractivity contribution is 5.99. The second kappa shape index (κ2) is 9.19. The zero-order chi connectivity index (χ0) is 20.2. The largest absolute Gasteiger partial charge is 0.372 e. The van der Waals surface area contributed by atoms with Crippen molar-refractivity contribution < 1.29 is 9.59 Å². The van der Waals surface area contributed by atoms with Gasteiger partial charge in [-0.15, -0.1) is 0 Å². The molecular weight excluding hydrogens is 362 g/mol. The molecule has 158 valence electrons. The average molecular weight is 398 g/mol. The number of rotatable bonds is 5. The molecule has 1 saturated heterocycles. The van der Waals surface area contributed by atoms with Crippen LogP contribution in [0, 0.1) is 17.8 Å². The van der Waals surface area contributed by atoms with E-state index in [9.17, 15) is 9.59 Å². The van der Waals surface area contributed by atoms with Gasteiger partial charge in [0.05, 0.1) is 11.8 Å². The maximum atomic E-state index is 12.6. The van der Waals surface area contributed by atoms with E-state index in [4.69, 9.17) is 0 Å². The molecule has 4 rings (SSSR count). The molecule has 3 fully saturated rings. The van der Waals surface area contributed by atoms with Crippen LogP contribution in [-0.4, -0.2) is 30.9 Å². The summed E-state index contributed by atoms with van der Waals surface area (Å²) in [5, 5.41) is 6.19. The second-order valence-corrected chi connectivity index (χ2v) is 9.35. The summed E-state index contributed by atoms with van der Waals surface area (Å²) in [6, 6.07) is 8.45. The number of nitrogens with one attached hydrogen (secondary N) is 2. The predicted octanol–water partition coefficient (Wildman–Crippen LogP) is 4.34. The molecule has 2 amide bonds. The third kappa shape index (κ3) is 5.31. The molecule has 1 aromatic rings. The van der Waals surface area contributed by atoms with E-state index in [-0.39, 0.29) is 23.7 Å². The smallest absolute Gasteiger partial charge is 0.228 e. The van der Waals surface area contributed by atoms with Crippen LogP contribution in [0.5, 0.6) is 0 Å². The number of carbonyl (C=O) groups is 2. The number of amides is 2. The van der Waals surface area contributed by atoms with Crippen molar-refractivity contribution >= 4 is 23.2 Å². The lowest BCUT2D eigenvalue weighted by Gasteiger charge is -2.32. The summed E-state index contributed by atoms with van der Waals surface area (Å²) in [4.78, 5) is 27.5. The van der Waals surface area contributed by atoms with Crippen LogP contribution in [0.3, 0.4) is 0 Å². The first kappa shape index (κ1) is 20.2. The van der Waals surface area contributed by atoms with Crippen LogP contribution in [0.25, 0.3) is 0 Å². The number of piperidine rings is 1. The third-order valence-electron chi connectivity index (χ3n) is 6.95. The van der Waals surface area contributed by atoms with Crippen molar-refractivity contribution in [1.29, 1.82) is 0 Å². The molecule has 2 atom stereocenters. The SMILES string of the molecule is CC1CCN(c2ccc(NC(=O)C3CC3C(=O)NC3CCCCCC3)cc2)CC1. The Morgan fingerprint density at radius 1 is 0.862 bits per heavy atom. The first-order valence-electron chi connectivity index (χ1n) is 11.6. The number of anilines is 2. The van der Waals surface area contributed by atoms with E-state index in [1.807, 2.05) is 12.1 Å². The first-order chi connectivity index (χ1) is 14.1. The molecule has 1 aromatic carbocycles. The third-order valence-corrected chi connectivity index (χ3v) is 6.95. The average Bonchev–Trinajstić information content (AvgIpc) is 3.54. The van der Waals surface area contributed by atoms with Gasteiger partial charge < -0.3 is 15.5 Å². The number of hydrogen-bond donors (Lipinski definition) is 2. The first-order valence-corrected chi connectivity index (χ1v) is 11.6. The summed E-state index contributed by atoms with van der Waals surface area (Å²) in [6.07, 6.45) is 10.3. The highest BCUT2D eigenvalue weighted by Gasteiger charge is 2.48. The maximum Gasteiger partial charge on any atom is 0.228 e. The number of benzene rings is 1. The molecule has 1 aliphatic heterocycles. The Labute approximate surface area is 174 Å². The minimum Gasteiger partial charge on any atom is -0.372 e. The molecule has 2 N–H and O–H groups in total. The molecule has 2 unspecified atom stereocenters. The Hall–Kier alpha value is -2.04. The van der Waals surface area contributed by atoms with Crippen molar-refractivity contribution in [2.24, 2.45) is 17.8 Å². The Morgan fingerprint density at radius 3 is 2.14 bits per heavy atom. The predicted molar refractivity (Wildman–Crippen MR) is 117 cm³/mol. The Morgan fingerprint density at radius 2 is 1.48 bits per heavy atom. The van der Waals surface area contributed by atoms with Gasteiger partial charge in [-0.2, -0.15) is 0 Å². The summed E-state index contributed by atoms with van der Waals surface area (Å²) < 4.78 is 0. The topological polar surface area (TPSA) is 61.4 Å². The summed E-state index contributed by atoms with van der Waals surface area (Å²) in [7, 11) is 0. The van der Waals surface area contributed by atoms with Gasteiger partial charge in [0, 0.05) is 30.5 Å². The van der Waals surface area contributed by atoms with Crippen molar-refractivity contribution in [1.82, 2.24) is 5.32 Å². The van der Waals surface area contributed by atoms with E-state index in [1.54, 1.807) is 0 Å². The van der Waals surface area contributed by atoms with Gasteiger partial charge in [0.2, 0.25) is 11.8 Å². The zero-order valence-electron chi connectivity index (χ0n) is 17.7. The van der Waals surface area contributed by atoms with Crippen LogP contribution in [0.2, 0.25) is 0 Å². The Kier molecular flexibility index (Phi) is 6.41. The van der Waals surface area contributed by atoms with Crippen molar-refractivity contribution in [3.63, 3.8) is 0 Å². The summed E-state index contributed by atoms with van der Waals surface area (Å²) >= 11 is 0. The molecule has 2 saturated carbocycles. The van der Waals surface area contributed by atoms with Gasteiger partial charge >= 0.3 is 0 Å². The molecule has 29 heavy (non-hydrogen) atoms. The van der Waals surface area contributed by atoms with Crippen molar-refractivity contribution in [3.05, 3.63) is 24.3 Å². The summed E-state index contributed by atoms with van der Waals surface area (Å²) in [5.41, 5.74) is 2.04. The van der Waals surface area contributed by atoms with Crippen molar-refractivity contribution in [3.8, 4) is 0 Å². The van der Waals surface area contributed by atoms with Crippen LogP contribution < -0.4 is 15.5 Å². The van der Waals surface area contributed by atoms with Gasteiger partial charge in [0.25, 0.3) is 0 Å². The van der Waals surface area contributed by atoms with Gasteiger partial charge in [0.15, 0.2) is 0 Å². The number of nitrogens with zero attached hydrogens (tertiary/aromatic N) is 1. The fourth-order valence-corrected chi connectivity index (χ4v) is 4.76. The molecule has 0 aromatic heterocycles. The highest BCUT2D eigenvalue weighted by Crippen LogP contribution is 2.40. The van der Waals surface area contributed by atoms with E-state index in [0.717, 1.165) is 37.5 Å². The Bertz CT molecular complexity index is 701. The lowest BCUT2D eigenvalue weighted by atomic mass is 9.99. The lowest BCUT2D eigenvalue weighted by Crippen LogP contribution is -2.36. The molecular formula is C24H35N3O2. The Balaban J connectivity index is 1.24. The minimum absolute atomic E-state index is 0.0226. The van der Waals surface area contributed by atoms with Crippen LogP contribution in [0.1, 0.15) is 64.7 Å². The fourth-order valence-electron chi connectivity index (χ4n) is 4.76. The second-order valence-electron chi connectivity index (χ2n) is 9.35. The maximum absolute atomic E-state index is 12.6. The van der Waals surface area contributed by atoms with E-state index < -0.39 is 0 Å². The van der Waals surface area contributed by atoms with E-state index in [0.29, 0.717) is 12.5 Å². The van der Waals surface area contributed by atoms with Crippen LogP contribution in [0.15, 0.2) is 24.3 Å². The monoisotopic (exact) mass is 397 g/mol. The molecule has 0 spiro atoms. The van der Waals surface area contributed by atoms with E-state index >= 15 is 0 Å². The molecule has 5 heteroatoms. The van der Waals surface area contributed by atoms with Gasteiger partial charge in [0.1, 0.15) is 0 Å². The molecule has 1 heterocycles. The highest BCUT2D eigenvalue weighted by atomic mass is 16.2. The van der Waals surface area contributed by atoms with E-state index in [1.165, 1.54) is 44.2 Å². The van der Waals surface area contributed by atoms with Gasteiger partial charge in [-0.25, -0.2) is 0 Å². The normalized spacial score (nSPS) is 25.9. The van der Waals surface area contributed by atoms with Crippen LogP contribution in [0.4, 0.5) is 11.4 Å². The fraction of sp³-hybridized carbons (Fsp3) is 0.667. The zero-order valence-corrected chi connectivity index (χ0v) is 17.7. The number of hydrogen-bond acceptors (Lipinski definition) is 3.